The maximum atomic E-state index is 12.0. The van der Waals surface area contributed by atoms with Crippen LogP contribution in [0.3, 0.4) is 0 Å². The number of aromatic nitrogens is 1. The lowest BCUT2D eigenvalue weighted by molar-refractivity contribution is 0.102. The maximum Gasteiger partial charge on any atom is 0.255 e. The second-order valence-corrected chi connectivity index (χ2v) is 4.90. The Balaban J connectivity index is 2.06. The Morgan fingerprint density at radius 3 is 2.55 bits per heavy atom. The molecule has 0 radical (unpaired) electrons. The van der Waals surface area contributed by atoms with Crippen LogP contribution in [0, 0.1) is 0 Å². The van der Waals surface area contributed by atoms with Crippen LogP contribution in [-0.4, -0.2) is 17.0 Å². The van der Waals surface area contributed by atoms with Crippen molar-refractivity contribution in [1.29, 1.82) is 0 Å². The van der Waals surface area contributed by atoms with Crippen LogP contribution in [0.4, 0.5) is 5.69 Å². The van der Waals surface area contributed by atoms with E-state index in [2.05, 4.69) is 10.3 Å². The standard InChI is InChI=1S/C15H15ClN2O2/c1-10(2)20-13-5-3-11(4-6-13)15(19)18-12-7-8-17-14(16)9-12/h3-10H,1-2H3,(H,17,18,19). The zero-order valence-corrected chi connectivity index (χ0v) is 12.0. The van der Waals surface area contributed by atoms with E-state index in [1.54, 1.807) is 36.4 Å². The molecule has 1 heterocycles. The SMILES string of the molecule is CC(C)Oc1ccc(C(=O)Nc2ccnc(Cl)c2)cc1. The summed E-state index contributed by atoms with van der Waals surface area (Å²) in [4.78, 5) is 15.9. The molecule has 0 atom stereocenters. The van der Waals surface area contributed by atoms with E-state index in [-0.39, 0.29) is 12.0 Å². The molecule has 1 amide bonds. The normalized spacial score (nSPS) is 10.4. The molecule has 0 saturated heterocycles. The first-order chi connectivity index (χ1) is 9.54. The van der Waals surface area contributed by atoms with Gasteiger partial charge < -0.3 is 10.1 Å². The molecule has 0 bridgehead atoms. The third-order valence-corrected chi connectivity index (χ3v) is 2.68. The van der Waals surface area contributed by atoms with Gasteiger partial charge in [0.1, 0.15) is 10.9 Å². The van der Waals surface area contributed by atoms with Gasteiger partial charge in [0.2, 0.25) is 0 Å². The summed E-state index contributed by atoms with van der Waals surface area (Å²) in [7, 11) is 0. The molecule has 0 aliphatic heterocycles. The lowest BCUT2D eigenvalue weighted by Crippen LogP contribution is -2.12. The van der Waals surface area contributed by atoms with Crippen molar-refractivity contribution in [3.63, 3.8) is 0 Å². The van der Waals surface area contributed by atoms with Crippen LogP contribution in [0.1, 0.15) is 24.2 Å². The minimum Gasteiger partial charge on any atom is -0.491 e. The first kappa shape index (κ1) is 14.3. The lowest BCUT2D eigenvalue weighted by atomic mass is 10.2. The summed E-state index contributed by atoms with van der Waals surface area (Å²) in [6.07, 6.45) is 1.64. The van der Waals surface area contributed by atoms with Gasteiger partial charge in [-0.05, 0) is 50.2 Å². The molecule has 0 aliphatic carbocycles. The zero-order chi connectivity index (χ0) is 14.5. The van der Waals surface area contributed by atoms with E-state index in [0.29, 0.717) is 16.4 Å². The van der Waals surface area contributed by atoms with Crippen molar-refractivity contribution in [3.8, 4) is 5.75 Å². The molecule has 1 aromatic heterocycles. The highest BCUT2D eigenvalue weighted by Gasteiger charge is 2.07. The topological polar surface area (TPSA) is 51.2 Å². The summed E-state index contributed by atoms with van der Waals surface area (Å²) in [6.45, 7) is 3.90. The Bertz CT molecular complexity index is 597. The number of rotatable bonds is 4. The summed E-state index contributed by atoms with van der Waals surface area (Å²) >= 11 is 5.76. The molecule has 20 heavy (non-hydrogen) atoms. The van der Waals surface area contributed by atoms with Gasteiger partial charge >= 0.3 is 0 Å². The van der Waals surface area contributed by atoms with Crippen LogP contribution < -0.4 is 10.1 Å². The molecule has 0 saturated carbocycles. The molecule has 4 nitrogen and oxygen atoms in total. The predicted octanol–water partition coefficient (Wildman–Crippen LogP) is 3.77. The van der Waals surface area contributed by atoms with Gasteiger partial charge in [0, 0.05) is 17.4 Å². The van der Waals surface area contributed by atoms with Gasteiger partial charge in [0.25, 0.3) is 5.91 Å². The Morgan fingerprint density at radius 1 is 1.25 bits per heavy atom. The highest BCUT2D eigenvalue weighted by Crippen LogP contribution is 2.16. The van der Waals surface area contributed by atoms with E-state index in [1.165, 1.54) is 6.20 Å². The number of ether oxygens (including phenoxy) is 1. The molecule has 1 aromatic carbocycles. The number of nitrogens with zero attached hydrogens (tertiary/aromatic N) is 1. The Hall–Kier alpha value is -2.07. The van der Waals surface area contributed by atoms with Crippen molar-refractivity contribution < 1.29 is 9.53 Å². The Kier molecular flexibility index (Phi) is 4.58. The van der Waals surface area contributed by atoms with E-state index in [1.807, 2.05) is 13.8 Å². The van der Waals surface area contributed by atoms with Gasteiger partial charge in [-0.25, -0.2) is 4.98 Å². The number of hydrogen-bond acceptors (Lipinski definition) is 3. The summed E-state index contributed by atoms with van der Waals surface area (Å²) < 4.78 is 5.53. The van der Waals surface area contributed by atoms with Gasteiger partial charge in [0.15, 0.2) is 0 Å². The molecule has 0 aliphatic rings. The summed E-state index contributed by atoms with van der Waals surface area (Å²) in [5.74, 6) is 0.534. The van der Waals surface area contributed by atoms with E-state index in [4.69, 9.17) is 16.3 Å². The van der Waals surface area contributed by atoms with E-state index < -0.39 is 0 Å². The van der Waals surface area contributed by atoms with E-state index >= 15 is 0 Å². The van der Waals surface area contributed by atoms with Crippen molar-refractivity contribution in [3.05, 3.63) is 53.3 Å². The van der Waals surface area contributed by atoms with E-state index in [0.717, 1.165) is 5.75 Å². The minimum absolute atomic E-state index is 0.105. The molecule has 0 spiro atoms. The second kappa shape index (κ2) is 6.39. The number of carbonyl (C=O) groups is 1. The molecule has 2 aromatic rings. The molecule has 2 rings (SSSR count). The smallest absolute Gasteiger partial charge is 0.255 e. The number of benzene rings is 1. The van der Waals surface area contributed by atoms with Gasteiger partial charge in [-0.3, -0.25) is 4.79 Å². The fourth-order valence-electron chi connectivity index (χ4n) is 1.64. The van der Waals surface area contributed by atoms with Gasteiger partial charge in [-0.2, -0.15) is 0 Å². The first-order valence-electron chi connectivity index (χ1n) is 6.24. The highest BCUT2D eigenvalue weighted by atomic mass is 35.5. The van der Waals surface area contributed by atoms with E-state index in [9.17, 15) is 4.79 Å². The van der Waals surface area contributed by atoms with Gasteiger partial charge in [0.05, 0.1) is 6.10 Å². The molecule has 1 N–H and O–H groups in total. The van der Waals surface area contributed by atoms with Crippen LogP contribution in [0.2, 0.25) is 5.15 Å². The van der Waals surface area contributed by atoms with Crippen molar-refractivity contribution in [1.82, 2.24) is 4.98 Å². The molecule has 5 heteroatoms. The number of halogens is 1. The second-order valence-electron chi connectivity index (χ2n) is 4.51. The zero-order valence-electron chi connectivity index (χ0n) is 11.3. The van der Waals surface area contributed by atoms with Gasteiger partial charge in [-0.15, -0.1) is 0 Å². The average Bonchev–Trinajstić information content (AvgIpc) is 2.38. The fourth-order valence-corrected chi connectivity index (χ4v) is 1.81. The van der Waals surface area contributed by atoms with Crippen LogP contribution in [0.25, 0.3) is 0 Å². The summed E-state index contributed by atoms with van der Waals surface area (Å²) in [5, 5.41) is 3.09. The Morgan fingerprint density at radius 2 is 1.95 bits per heavy atom. The number of hydrogen-bond donors (Lipinski definition) is 1. The summed E-state index contributed by atoms with van der Waals surface area (Å²) in [6, 6.07) is 10.3. The molecule has 0 unspecified atom stereocenters. The molecular weight excluding hydrogens is 276 g/mol. The van der Waals surface area contributed by atoms with Crippen molar-refractivity contribution in [2.24, 2.45) is 0 Å². The highest BCUT2D eigenvalue weighted by molar-refractivity contribution is 6.29. The molecular formula is C15H15ClN2O2. The number of amides is 1. The monoisotopic (exact) mass is 290 g/mol. The van der Waals surface area contributed by atoms with Gasteiger partial charge in [-0.1, -0.05) is 11.6 Å². The van der Waals surface area contributed by atoms with Crippen molar-refractivity contribution >= 4 is 23.2 Å². The van der Waals surface area contributed by atoms with Crippen LogP contribution in [-0.2, 0) is 0 Å². The largest absolute Gasteiger partial charge is 0.491 e. The Labute approximate surface area is 122 Å². The fraction of sp³-hybridized carbons (Fsp3) is 0.200. The van der Waals surface area contributed by atoms with Crippen molar-refractivity contribution in [2.75, 3.05) is 5.32 Å². The third-order valence-electron chi connectivity index (χ3n) is 2.47. The molecule has 0 fully saturated rings. The van der Waals surface area contributed by atoms with Crippen LogP contribution >= 0.6 is 11.6 Å². The minimum atomic E-state index is -0.205. The summed E-state index contributed by atoms with van der Waals surface area (Å²) in [5.41, 5.74) is 1.16. The number of carbonyl (C=O) groups excluding carboxylic acids is 1. The lowest BCUT2D eigenvalue weighted by Gasteiger charge is -2.10. The predicted molar refractivity (Wildman–Crippen MR) is 79.4 cm³/mol. The molecule has 104 valence electrons. The quantitative estimate of drug-likeness (QED) is 0.872. The average molecular weight is 291 g/mol. The maximum absolute atomic E-state index is 12.0. The number of pyridine rings is 1. The number of nitrogens with one attached hydrogen (secondary N) is 1. The van der Waals surface area contributed by atoms with Crippen LogP contribution in [0.5, 0.6) is 5.75 Å². The first-order valence-corrected chi connectivity index (χ1v) is 6.62. The third kappa shape index (κ3) is 3.96. The van der Waals surface area contributed by atoms with Crippen LogP contribution in [0.15, 0.2) is 42.6 Å². The number of anilines is 1. The van der Waals surface area contributed by atoms with Crippen molar-refractivity contribution in [2.45, 2.75) is 20.0 Å².